The van der Waals surface area contributed by atoms with Crippen LogP contribution in [0.3, 0.4) is 0 Å². The predicted octanol–water partition coefficient (Wildman–Crippen LogP) is 2.41. The highest BCUT2D eigenvalue weighted by atomic mass is 19.1. The number of hydrogen-bond donors (Lipinski definition) is 1. The van der Waals surface area contributed by atoms with E-state index in [0.717, 1.165) is 11.4 Å². The maximum absolute atomic E-state index is 13.6. The Bertz CT molecular complexity index is 519. The molecule has 0 aliphatic heterocycles. The number of hydrogen-bond acceptors (Lipinski definition) is 2. The first-order chi connectivity index (χ1) is 7.77. The molecule has 0 spiro atoms. The number of nitrogen functional groups attached to an aromatic ring is 1. The minimum absolute atomic E-state index is 0.323. The van der Waals surface area contributed by atoms with Gasteiger partial charge in [-0.3, -0.25) is 0 Å². The van der Waals surface area contributed by atoms with Crippen LogP contribution in [0.4, 0.5) is 10.2 Å². The van der Waals surface area contributed by atoms with Gasteiger partial charge in [-0.25, -0.2) is 9.07 Å². The molecule has 0 saturated heterocycles. The van der Waals surface area contributed by atoms with Gasteiger partial charge >= 0.3 is 0 Å². The normalized spacial score (nSPS) is 18.7. The molecule has 2 aromatic rings. The van der Waals surface area contributed by atoms with Crippen LogP contribution in [-0.2, 0) is 6.42 Å². The van der Waals surface area contributed by atoms with Gasteiger partial charge in [-0.05, 0) is 25.0 Å². The number of nitrogens with two attached hydrogens (primary N) is 1. The van der Waals surface area contributed by atoms with Gasteiger partial charge in [-0.2, -0.15) is 5.10 Å². The van der Waals surface area contributed by atoms with Crippen LogP contribution in [0.1, 0.15) is 23.8 Å². The molecule has 82 valence electrons. The molecule has 16 heavy (non-hydrogen) atoms. The predicted molar refractivity (Wildman–Crippen MR) is 60.1 cm³/mol. The van der Waals surface area contributed by atoms with Crippen molar-refractivity contribution in [2.75, 3.05) is 5.73 Å². The SMILES string of the molecule is Nc1nn(-c2ccccc2)c2c1C(F)CC2. The lowest BCUT2D eigenvalue weighted by Crippen LogP contribution is -2.01. The minimum Gasteiger partial charge on any atom is -0.382 e. The van der Waals surface area contributed by atoms with Crippen molar-refractivity contribution in [2.24, 2.45) is 0 Å². The summed E-state index contributed by atoms with van der Waals surface area (Å²) in [7, 11) is 0. The summed E-state index contributed by atoms with van der Waals surface area (Å²) in [6.07, 6.45) is 0.271. The highest BCUT2D eigenvalue weighted by Gasteiger charge is 2.30. The van der Waals surface area contributed by atoms with Gasteiger partial charge in [0.25, 0.3) is 0 Å². The van der Waals surface area contributed by atoms with Gasteiger partial charge in [0.2, 0.25) is 0 Å². The van der Waals surface area contributed by atoms with Crippen molar-refractivity contribution in [1.29, 1.82) is 0 Å². The van der Waals surface area contributed by atoms with Crippen LogP contribution in [-0.4, -0.2) is 9.78 Å². The van der Waals surface area contributed by atoms with E-state index in [4.69, 9.17) is 5.73 Å². The van der Waals surface area contributed by atoms with Crippen LogP contribution in [0.25, 0.3) is 5.69 Å². The lowest BCUT2D eigenvalue weighted by atomic mass is 10.2. The molecule has 1 unspecified atom stereocenters. The molecule has 1 aliphatic rings. The van der Waals surface area contributed by atoms with E-state index in [1.165, 1.54) is 0 Å². The molecule has 3 rings (SSSR count). The topological polar surface area (TPSA) is 43.8 Å². The highest BCUT2D eigenvalue weighted by Crippen LogP contribution is 2.38. The number of rotatable bonds is 1. The fourth-order valence-electron chi connectivity index (χ4n) is 2.26. The van der Waals surface area contributed by atoms with Crippen LogP contribution in [0.15, 0.2) is 30.3 Å². The van der Waals surface area contributed by atoms with Gasteiger partial charge in [0.15, 0.2) is 5.82 Å². The standard InChI is InChI=1S/C12H12FN3/c13-9-6-7-10-11(9)12(14)15-16(10)8-4-2-1-3-5-8/h1-5,9H,6-7H2,(H2,14,15). The van der Waals surface area contributed by atoms with Gasteiger partial charge < -0.3 is 5.73 Å². The summed E-state index contributed by atoms with van der Waals surface area (Å²) in [5.41, 5.74) is 8.18. The van der Waals surface area contributed by atoms with E-state index < -0.39 is 6.17 Å². The fourth-order valence-corrected chi connectivity index (χ4v) is 2.26. The summed E-state index contributed by atoms with van der Waals surface area (Å²) < 4.78 is 15.3. The molecule has 2 N–H and O–H groups in total. The molecule has 0 amide bonds. The first-order valence-electron chi connectivity index (χ1n) is 5.34. The molecule has 1 aromatic carbocycles. The van der Waals surface area contributed by atoms with Crippen LogP contribution < -0.4 is 5.73 Å². The summed E-state index contributed by atoms with van der Waals surface area (Å²) in [5.74, 6) is 0.323. The molecule has 0 bridgehead atoms. The van der Waals surface area contributed by atoms with E-state index >= 15 is 0 Å². The van der Waals surface area contributed by atoms with Crippen molar-refractivity contribution < 1.29 is 4.39 Å². The Morgan fingerprint density at radius 2 is 2.06 bits per heavy atom. The first-order valence-corrected chi connectivity index (χ1v) is 5.34. The van der Waals surface area contributed by atoms with Gasteiger partial charge in [0.05, 0.1) is 16.9 Å². The smallest absolute Gasteiger partial charge is 0.152 e. The number of halogens is 1. The summed E-state index contributed by atoms with van der Waals surface area (Å²) in [6.45, 7) is 0. The third kappa shape index (κ3) is 1.23. The van der Waals surface area contributed by atoms with E-state index in [9.17, 15) is 4.39 Å². The highest BCUT2D eigenvalue weighted by molar-refractivity contribution is 5.50. The van der Waals surface area contributed by atoms with Crippen molar-refractivity contribution in [3.8, 4) is 5.69 Å². The van der Waals surface area contributed by atoms with Gasteiger partial charge in [-0.1, -0.05) is 18.2 Å². The third-order valence-corrected chi connectivity index (χ3v) is 3.00. The average molecular weight is 217 g/mol. The number of fused-ring (bicyclic) bond motifs is 1. The molecule has 1 heterocycles. The second-order valence-electron chi connectivity index (χ2n) is 4.00. The molecule has 0 fully saturated rings. The zero-order valence-corrected chi connectivity index (χ0v) is 8.73. The molecular formula is C12H12FN3. The Hall–Kier alpha value is -1.84. The number of alkyl halides is 1. The monoisotopic (exact) mass is 217 g/mol. The van der Waals surface area contributed by atoms with Crippen molar-refractivity contribution in [2.45, 2.75) is 19.0 Å². The van der Waals surface area contributed by atoms with E-state index in [-0.39, 0.29) is 0 Å². The number of aromatic nitrogens is 2. The van der Waals surface area contributed by atoms with E-state index in [2.05, 4.69) is 5.10 Å². The maximum atomic E-state index is 13.6. The second-order valence-corrected chi connectivity index (χ2v) is 4.00. The van der Waals surface area contributed by atoms with E-state index in [0.29, 0.717) is 24.2 Å². The zero-order chi connectivity index (χ0) is 11.1. The van der Waals surface area contributed by atoms with Gasteiger partial charge in [-0.15, -0.1) is 0 Å². The lowest BCUT2D eigenvalue weighted by molar-refractivity contribution is 0.344. The molecule has 3 nitrogen and oxygen atoms in total. The Morgan fingerprint density at radius 3 is 2.81 bits per heavy atom. The van der Waals surface area contributed by atoms with Crippen molar-refractivity contribution >= 4 is 5.82 Å². The molecule has 0 saturated carbocycles. The van der Waals surface area contributed by atoms with Crippen LogP contribution in [0.5, 0.6) is 0 Å². The largest absolute Gasteiger partial charge is 0.382 e. The quantitative estimate of drug-likeness (QED) is 0.797. The van der Waals surface area contributed by atoms with Gasteiger partial charge in [0, 0.05) is 0 Å². The number of para-hydroxylation sites is 1. The number of anilines is 1. The van der Waals surface area contributed by atoms with E-state index in [1.54, 1.807) is 4.68 Å². The van der Waals surface area contributed by atoms with Crippen molar-refractivity contribution in [3.05, 3.63) is 41.6 Å². The molecule has 1 aromatic heterocycles. The summed E-state index contributed by atoms with van der Waals surface area (Å²) in [6, 6.07) is 9.69. The summed E-state index contributed by atoms with van der Waals surface area (Å²) in [4.78, 5) is 0. The number of benzene rings is 1. The van der Waals surface area contributed by atoms with E-state index in [1.807, 2.05) is 30.3 Å². The Kier molecular flexibility index (Phi) is 1.96. The maximum Gasteiger partial charge on any atom is 0.152 e. The number of nitrogens with zero attached hydrogens (tertiary/aromatic N) is 2. The molecule has 1 atom stereocenters. The third-order valence-electron chi connectivity index (χ3n) is 3.00. The summed E-state index contributed by atoms with van der Waals surface area (Å²) >= 11 is 0. The molecule has 0 radical (unpaired) electrons. The average Bonchev–Trinajstić information content (AvgIpc) is 2.83. The second kappa shape index (κ2) is 3.33. The fraction of sp³-hybridized carbons (Fsp3) is 0.250. The van der Waals surface area contributed by atoms with Crippen LogP contribution in [0.2, 0.25) is 0 Å². The van der Waals surface area contributed by atoms with Crippen molar-refractivity contribution in [3.63, 3.8) is 0 Å². The Balaban J connectivity index is 2.17. The first kappa shape index (κ1) is 9.39. The van der Waals surface area contributed by atoms with Gasteiger partial charge in [0.1, 0.15) is 6.17 Å². The Morgan fingerprint density at radius 1 is 1.31 bits per heavy atom. The summed E-state index contributed by atoms with van der Waals surface area (Å²) in [5, 5.41) is 4.21. The molecule has 1 aliphatic carbocycles. The van der Waals surface area contributed by atoms with Crippen molar-refractivity contribution in [1.82, 2.24) is 9.78 Å². The van der Waals surface area contributed by atoms with Crippen LogP contribution in [0, 0.1) is 0 Å². The zero-order valence-electron chi connectivity index (χ0n) is 8.73. The Labute approximate surface area is 92.7 Å². The van der Waals surface area contributed by atoms with Crippen LogP contribution >= 0.6 is 0 Å². The minimum atomic E-state index is -0.951. The molecular weight excluding hydrogens is 205 g/mol. The molecule has 4 heteroatoms. The lowest BCUT2D eigenvalue weighted by Gasteiger charge is -2.03.